The summed E-state index contributed by atoms with van der Waals surface area (Å²) in [4.78, 5) is 12.0. The molecule has 0 saturated carbocycles. The Kier molecular flexibility index (Phi) is 3.82. The first-order chi connectivity index (χ1) is 9.28. The summed E-state index contributed by atoms with van der Waals surface area (Å²) in [7, 11) is 0. The molecule has 1 N–H and O–H groups in total. The Balaban J connectivity index is 2.31. The normalized spacial score (nSPS) is 23.1. The molecule has 1 aromatic carbocycles. The van der Waals surface area contributed by atoms with Crippen molar-refractivity contribution in [3.05, 3.63) is 35.4 Å². The average molecular weight is 293 g/mol. The van der Waals surface area contributed by atoms with Crippen LogP contribution in [0.25, 0.3) is 0 Å². The minimum Gasteiger partial charge on any atom is -0.315 e. The van der Waals surface area contributed by atoms with Crippen LogP contribution in [0.3, 0.4) is 0 Å². The van der Waals surface area contributed by atoms with Gasteiger partial charge in [0.2, 0.25) is 0 Å². The van der Waals surface area contributed by atoms with Crippen molar-refractivity contribution in [1.82, 2.24) is 5.32 Å². The van der Waals surface area contributed by atoms with Crippen molar-refractivity contribution in [1.29, 1.82) is 0 Å². The van der Waals surface area contributed by atoms with Gasteiger partial charge in [-0.25, -0.2) is 8.78 Å². The lowest BCUT2D eigenvalue weighted by atomic mass is 9.79. The van der Waals surface area contributed by atoms with Gasteiger partial charge < -0.3 is 5.32 Å². The van der Waals surface area contributed by atoms with Gasteiger partial charge in [-0.3, -0.25) is 4.79 Å². The maximum absolute atomic E-state index is 13.4. The molecule has 7 heteroatoms. The molecule has 0 aliphatic carbocycles. The highest BCUT2D eigenvalue weighted by Gasteiger charge is 2.60. The van der Waals surface area contributed by atoms with Crippen LogP contribution < -0.4 is 5.32 Å². The maximum Gasteiger partial charge on any atom is 0.402 e. The van der Waals surface area contributed by atoms with Gasteiger partial charge >= 0.3 is 6.18 Å². The average Bonchev–Trinajstić information content (AvgIpc) is 2.83. The van der Waals surface area contributed by atoms with Gasteiger partial charge in [-0.2, -0.15) is 13.2 Å². The highest BCUT2D eigenvalue weighted by molar-refractivity contribution is 5.88. The topological polar surface area (TPSA) is 29.1 Å². The molecule has 1 unspecified atom stereocenters. The molecular formula is C13H12F5NO. The van der Waals surface area contributed by atoms with Crippen LogP contribution in [0, 0.1) is 17.0 Å². The number of rotatable bonds is 3. The smallest absolute Gasteiger partial charge is 0.315 e. The lowest BCUT2D eigenvalue weighted by molar-refractivity contribution is -0.214. The second kappa shape index (κ2) is 5.12. The number of carbonyl (C=O) groups is 1. The van der Waals surface area contributed by atoms with Gasteiger partial charge in [-0.05, 0) is 25.1 Å². The first kappa shape index (κ1) is 14.9. The quantitative estimate of drug-likeness (QED) is 0.868. The van der Waals surface area contributed by atoms with E-state index >= 15 is 0 Å². The van der Waals surface area contributed by atoms with Gasteiger partial charge in [0, 0.05) is 18.5 Å². The molecule has 1 aromatic rings. The van der Waals surface area contributed by atoms with E-state index < -0.39 is 54.0 Å². The highest BCUT2D eigenvalue weighted by Crippen LogP contribution is 2.44. The predicted octanol–water partition coefficient (Wildman–Crippen LogP) is 2.62. The zero-order valence-corrected chi connectivity index (χ0v) is 10.4. The van der Waals surface area contributed by atoms with E-state index in [1.165, 1.54) is 0 Å². The summed E-state index contributed by atoms with van der Waals surface area (Å²) in [5.41, 5.74) is -3.17. The summed E-state index contributed by atoms with van der Waals surface area (Å²) < 4.78 is 66.2. The van der Waals surface area contributed by atoms with Crippen molar-refractivity contribution in [2.75, 3.05) is 13.1 Å². The van der Waals surface area contributed by atoms with Crippen LogP contribution in [0.5, 0.6) is 0 Å². The number of halogens is 5. The fourth-order valence-corrected chi connectivity index (χ4v) is 2.36. The SMILES string of the molecule is O=C(Cc1c(F)cccc1F)C1(C(F)(F)F)CCNC1. The van der Waals surface area contributed by atoms with Gasteiger partial charge in [0.1, 0.15) is 17.0 Å². The molecule has 1 saturated heterocycles. The molecule has 0 amide bonds. The van der Waals surface area contributed by atoms with E-state index in [2.05, 4.69) is 5.32 Å². The zero-order valence-electron chi connectivity index (χ0n) is 10.4. The number of benzene rings is 1. The third-order valence-corrected chi connectivity index (χ3v) is 3.63. The number of alkyl halides is 3. The third kappa shape index (κ3) is 2.42. The van der Waals surface area contributed by atoms with Gasteiger partial charge in [-0.1, -0.05) is 6.07 Å². The molecule has 20 heavy (non-hydrogen) atoms. The van der Waals surface area contributed by atoms with Gasteiger partial charge in [0.05, 0.1) is 0 Å². The summed E-state index contributed by atoms with van der Waals surface area (Å²) in [6.07, 6.45) is -6.06. The number of hydrogen-bond acceptors (Lipinski definition) is 2. The Hall–Kier alpha value is -1.50. The van der Waals surface area contributed by atoms with Gasteiger partial charge in [0.25, 0.3) is 0 Å². The molecule has 0 radical (unpaired) electrons. The molecule has 0 bridgehead atoms. The van der Waals surface area contributed by atoms with E-state index in [1.807, 2.05) is 0 Å². The summed E-state index contributed by atoms with van der Waals surface area (Å²) in [5.74, 6) is -3.23. The fraction of sp³-hybridized carbons (Fsp3) is 0.462. The van der Waals surface area contributed by atoms with Crippen molar-refractivity contribution >= 4 is 5.78 Å². The Labute approximate surface area is 112 Å². The van der Waals surface area contributed by atoms with E-state index in [9.17, 15) is 26.7 Å². The summed E-state index contributed by atoms with van der Waals surface area (Å²) >= 11 is 0. The molecule has 1 aliphatic rings. The molecule has 1 fully saturated rings. The Bertz CT molecular complexity index is 500. The molecule has 110 valence electrons. The molecule has 1 heterocycles. The van der Waals surface area contributed by atoms with Gasteiger partial charge in [0.15, 0.2) is 5.78 Å². The summed E-state index contributed by atoms with van der Waals surface area (Å²) in [6, 6.07) is 2.92. The fourth-order valence-electron chi connectivity index (χ4n) is 2.36. The highest BCUT2D eigenvalue weighted by atomic mass is 19.4. The third-order valence-electron chi connectivity index (χ3n) is 3.63. The predicted molar refractivity (Wildman–Crippen MR) is 61.0 cm³/mol. The second-order valence-electron chi connectivity index (χ2n) is 4.81. The molecule has 0 aromatic heterocycles. The van der Waals surface area contributed by atoms with Crippen LogP contribution in [0.2, 0.25) is 0 Å². The first-order valence-electron chi connectivity index (χ1n) is 6.01. The molecular weight excluding hydrogens is 281 g/mol. The molecule has 1 aliphatic heterocycles. The number of nitrogens with one attached hydrogen (secondary N) is 1. The number of carbonyl (C=O) groups excluding carboxylic acids is 1. The number of ketones is 1. The van der Waals surface area contributed by atoms with Crippen LogP contribution >= 0.6 is 0 Å². The summed E-state index contributed by atoms with van der Waals surface area (Å²) in [5, 5.41) is 2.49. The van der Waals surface area contributed by atoms with Crippen LogP contribution in [0.15, 0.2) is 18.2 Å². The van der Waals surface area contributed by atoms with E-state index in [4.69, 9.17) is 0 Å². The van der Waals surface area contributed by atoms with E-state index in [0.717, 1.165) is 18.2 Å². The van der Waals surface area contributed by atoms with Crippen LogP contribution in [0.4, 0.5) is 22.0 Å². The minimum atomic E-state index is -4.74. The van der Waals surface area contributed by atoms with Gasteiger partial charge in [-0.15, -0.1) is 0 Å². The standard InChI is InChI=1S/C13H12F5NO/c14-9-2-1-3-10(15)8(9)6-11(20)12(13(16,17)18)4-5-19-7-12/h1-3,19H,4-7H2. The molecule has 2 nitrogen and oxygen atoms in total. The Morgan fingerprint density at radius 3 is 2.30 bits per heavy atom. The van der Waals surface area contributed by atoms with Crippen molar-refractivity contribution in [3.63, 3.8) is 0 Å². The number of hydrogen-bond donors (Lipinski definition) is 1. The van der Waals surface area contributed by atoms with Crippen molar-refractivity contribution in [2.24, 2.45) is 5.41 Å². The second-order valence-corrected chi connectivity index (χ2v) is 4.81. The van der Waals surface area contributed by atoms with E-state index in [-0.39, 0.29) is 6.54 Å². The maximum atomic E-state index is 13.4. The lowest BCUT2D eigenvalue weighted by Crippen LogP contribution is -2.47. The largest absolute Gasteiger partial charge is 0.402 e. The monoisotopic (exact) mass is 293 g/mol. The first-order valence-corrected chi connectivity index (χ1v) is 6.01. The van der Waals surface area contributed by atoms with Crippen molar-refractivity contribution in [2.45, 2.75) is 19.0 Å². The van der Waals surface area contributed by atoms with Crippen LogP contribution in [-0.4, -0.2) is 25.0 Å². The molecule has 0 spiro atoms. The molecule has 2 rings (SSSR count). The summed E-state index contributed by atoms with van der Waals surface area (Å²) in [6.45, 7) is -0.504. The van der Waals surface area contributed by atoms with E-state index in [0.29, 0.717) is 0 Å². The van der Waals surface area contributed by atoms with Crippen molar-refractivity contribution < 1.29 is 26.7 Å². The van der Waals surface area contributed by atoms with Crippen LogP contribution in [0.1, 0.15) is 12.0 Å². The zero-order chi connectivity index (χ0) is 15.0. The van der Waals surface area contributed by atoms with E-state index in [1.54, 1.807) is 0 Å². The molecule has 1 atom stereocenters. The lowest BCUT2D eigenvalue weighted by Gasteiger charge is -2.29. The minimum absolute atomic E-state index is 0.0466. The Morgan fingerprint density at radius 1 is 1.25 bits per heavy atom. The van der Waals surface area contributed by atoms with Crippen LogP contribution in [-0.2, 0) is 11.2 Å². The van der Waals surface area contributed by atoms with Crippen molar-refractivity contribution in [3.8, 4) is 0 Å². The number of Topliss-reactive ketones (excluding diaryl/α,β-unsaturated/α-hetero) is 1. The Morgan fingerprint density at radius 2 is 1.85 bits per heavy atom.